The molecule has 2 aromatic carbocycles. The number of rotatable bonds is 3. The van der Waals surface area contributed by atoms with Crippen LogP contribution in [0.2, 0.25) is 0 Å². The molecule has 0 amide bonds. The van der Waals surface area contributed by atoms with Crippen LogP contribution >= 0.6 is 22.6 Å². The highest BCUT2D eigenvalue weighted by Crippen LogP contribution is 2.29. The quantitative estimate of drug-likeness (QED) is 0.406. The first-order chi connectivity index (χ1) is 10.1. The molecule has 6 heteroatoms. The topological polar surface area (TPSA) is 68.1 Å². The Labute approximate surface area is 134 Å². The normalized spacial score (nSPS) is 10.5. The van der Waals surface area contributed by atoms with Crippen molar-refractivity contribution in [1.82, 2.24) is 4.98 Å². The van der Waals surface area contributed by atoms with E-state index in [0.29, 0.717) is 3.57 Å². The molecule has 3 rings (SSSR count). The number of nitrogens with zero attached hydrogens (tertiary/aromatic N) is 2. The van der Waals surface area contributed by atoms with Gasteiger partial charge in [-0.3, -0.25) is 15.1 Å². The van der Waals surface area contributed by atoms with E-state index in [2.05, 4.69) is 10.3 Å². The van der Waals surface area contributed by atoms with Crippen molar-refractivity contribution in [1.29, 1.82) is 0 Å². The van der Waals surface area contributed by atoms with E-state index < -0.39 is 0 Å². The standard InChI is InChI=1S/C15H10IN3O2/c16-13-8-11(4-5-15(13)19(20)21)18-14-3-1-2-10-6-7-17-9-12(10)14/h1-9,18H. The summed E-state index contributed by atoms with van der Waals surface area (Å²) in [5.41, 5.74) is 1.84. The van der Waals surface area contributed by atoms with Crippen molar-refractivity contribution in [2.75, 3.05) is 5.32 Å². The second-order valence-electron chi connectivity index (χ2n) is 4.45. The largest absolute Gasteiger partial charge is 0.355 e. The van der Waals surface area contributed by atoms with Gasteiger partial charge in [0.15, 0.2) is 0 Å². The maximum Gasteiger partial charge on any atom is 0.282 e. The van der Waals surface area contributed by atoms with Crippen LogP contribution in [-0.2, 0) is 0 Å². The number of fused-ring (bicyclic) bond motifs is 1. The van der Waals surface area contributed by atoms with E-state index in [1.54, 1.807) is 24.5 Å². The van der Waals surface area contributed by atoms with Crippen LogP contribution in [0.3, 0.4) is 0 Å². The van der Waals surface area contributed by atoms with Crippen molar-refractivity contribution in [3.8, 4) is 0 Å². The van der Waals surface area contributed by atoms with Gasteiger partial charge < -0.3 is 5.32 Å². The molecule has 0 fully saturated rings. The van der Waals surface area contributed by atoms with Gasteiger partial charge in [0.25, 0.3) is 5.69 Å². The highest BCUT2D eigenvalue weighted by molar-refractivity contribution is 14.1. The van der Waals surface area contributed by atoms with Crippen LogP contribution in [0.15, 0.2) is 54.9 Å². The minimum atomic E-state index is -0.382. The van der Waals surface area contributed by atoms with Gasteiger partial charge in [0.05, 0.1) is 8.49 Å². The summed E-state index contributed by atoms with van der Waals surface area (Å²) in [6.07, 6.45) is 3.55. The number of benzene rings is 2. The Morgan fingerprint density at radius 2 is 2.05 bits per heavy atom. The molecule has 0 unspecified atom stereocenters. The molecule has 0 saturated heterocycles. The third kappa shape index (κ3) is 2.80. The Morgan fingerprint density at radius 3 is 2.81 bits per heavy atom. The second kappa shape index (κ2) is 5.65. The monoisotopic (exact) mass is 391 g/mol. The van der Waals surface area contributed by atoms with Gasteiger partial charge in [-0.05, 0) is 52.2 Å². The lowest BCUT2D eigenvalue weighted by molar-refractivity contribution is -0.385. The van der Waals surface area contributed by atoms with Crippen molar-refractivity contribution in [3.63, 3.8) is 0 Å². The summed E-state index contributed by atoms with van der Waals surface area (Å²) in [5, 5.41) is 16.2. The number of nitro groups is 1. The van der Waals surface area contributed by atoms with Crippen LogP contribution in [0.4, 0.5) is 17.1 Å². The van der Waals surface area contributed by atoms with Crippen LogP contribution in [0.5, 0.6) is 0 Å². The van der Waals surface area contributed by atoms with Crippen molar-refractivity contribution in [3.05, 3.63) is 68.5 Å². The molecule has 0 bridgehead atoms. The van der Waals surface area contributed by atoms with Gasteiger partial charge in [-0.15, -0.1) is 0 Å². The third-order valence-corrected chi connectivity index (χ3v) is 3.97. The van der Waals surface area contributed by atoms with Crippen molar-refractivity contribution < 1.29 is 4.92 Å². The van der Waals surface area contributed by atoms with E-state index >= 15 is 0 Å². The fourth-order valence-corrected chi connectivity index (χ4v) is 2.82. The molecule has 21 heavy (non-hydrogen) atoms. The van der Waals surface area contributed by atoms with Gasteiger partial charge in [0.2, 0.25) is 0 Å². The zero-order valence-electron chi connectivity index (χ0n) is 10.8. The molecular formula is C15H10IN3O2. The van der Waals surface area contributed by atoms with E-state index in [-0.39, 0.29) is 10.6 Å². The highest BCUT2D eigenvalue weighted by Gasteiger charge is 2.11. The SMILES string of the molecule is O=[N+]([O-])c1ccc(Nc2cccc3ccncc23)cc1I. The molecule has 1 aromatic heterocycles. The number of halogens is 1. The van der Waals surface area contributed by atoms with Crippen LogP contribution in [0.1, 0.15) is 0 Å². The van der Waals surface area contributed by atoms with E-state index in [1.165, 1.54) is 6.07 Å². The first-order valence-electron chi connectivity index (χ1n) is 6.19. The number of nitrogens with one attached hydrogen (secondary N) is 1. The van der Waals surface area contributed by atoms with Crippen molar-refractivity contribution >= 4 is 50.4 Å². The number of hydrogen-bond acceptors (Lipinski definition) is 4. The third-order valence-electron chi connectivity index (χ3n) is 3.11. The molecule has 0 aliphatic heterocycles. The highest BCUT2D eigenvalue weighted by atomic mass is 127. The number of anilines is 2. The van der Waals surface area contributed by atoms with Crippen molar-refractivity contribution in [2.45, 2.75) is 0 Å². The molecule has 0 aliphatic rings. The first-order valence-corrected chi connectivity index (χ1v) is 7.27. The zero-order valence-corrected chi connectivity index (χ0v) is 12.9. The summed E-state index contributed by atoms with van der Waals surface area (Å²) in [5.74, 6) is 0. The average molecular weight is 391 g/mol. The molecule has 1 heterocycles. The molecule has 0 aliphatic carbocycles. The van der Waals surface area contributed by atoms with Gasteiger partial charge in [-0.25, -0.2) is 0 Å². The molecule has 0 radical (unpaired) electrons. The van der Waals surface area contributed by atoms with E-state index in [0.717, 1.165) is 22.1 Å². The van der Waals surface area contributed by atoms with Crippen LogP contribution in [-0.4, -0.2) is 9.91 Å². The minimum Gasteiger partial charge on any atom is -0.355 e. The average Bonchev–Trinajstić information content (AvgIpc) is 2.47. The molecular weight excluding hydrogens is 381 g/mol. The minimum absolute atomic E-state index is 0.112. The fraction of sp³-hybridized carbons (Fsp3) is 0. The van der Waals surface area contributed by atoms with Crippen molar-refractivity contribution in [2.24, 2.45) is 0 Å². The summed E-state index contributed by atoms with van der Waals surface area (Å²) < 4.78 is 0.598. The fourth-order valence-electron chi connectivity index (χ4n) is 2.11. The molecule has 0 spiro atoms. The maximum atomic E-state index is 10.8. The Kier molecular flexibility index (Phi) is 3.70. The summed E-state index contributed by atoms with van der Waals surface area (Å²) >= 11 is 1.97. The first kappa shape index (κ1) is 13.7. The lowest BCUT2D eigenvalue weighted by atomic mass is 10.1. The predicted molar refractivity (Wildman–Crippen MR) is 90.8 cm³/mol. The van der Waals surface area contributed by atoms with Gasteiger partial charge in [-0.2, -0.15) is 0 Å². The molecule has 5 nitrogen and oxygen atoms in total. The summed E-state index contributed by atoms with van der Waals surface area (Å²) in [4.78, 5) is 14.6. The molecule has 0 atom stereocenters. The van der Waals surface area contributed by atoms with Crippen LogP contribution in [0, 0.1) is 13.7 Å². The number of nitro benzene ring substituents is 1. The van der Waals surface area contributed by atoms with E-state index in [1.807, 2.05) is 46.9 Å². The van der Waals surface area contributed by atoms with Crippen LogP contribution in [0.25, 0.3) is 10.8 Å². The van der Waals surface area contributed by atoms with E-state index in [9.17, 15) is 10.1 Å². The zero-order chi connectivity index (χ0) is 14.8. The molecule has 1 N–H and O–H groups in total. The van der Waals surface area contributed by atoms with Gasteiger partial charge in [-0.1, -0.05) is 12.1 Å². The maximum absolute atomic E-state index is 10.8. The van der Waals surface area contributed by atoms with Gasteiger partial charge in [0, 0.05) is 35.2 Å². The number of aromatic nitrogens is 1. The van der Waals surface area contributed by atoms with Gasteiger partial charge in [0.1, 0.15) is 0 Å². The van der Waals surface area contributed by atoms with E-state index in [4.69, 9.17) is 0 Å². The Morgan fingerprint density at radius 1 is 1.19 bits per heavy atom. The second-order valence-corrected chi connectivity index (χ2v) is 5.61. The number of hydrogen-bond donors (Lipinski definition) is 1. The number of pyridine rings is 1. The summed E-state index contributed by atoms with van der Waals surface area (Å²) in [6.45, 7) is 0. The summed E-state index contributed by atoms with van der Waals surface area (Å²) in [6, 6.07) is 12.8. The van der Waals surface area contributed by atoms with Crippen LogP contribution < -0.4 is 5.32 Å². The lowest BCUT2D eigenvalue weighted by Crippen LogP contribution is -1.95. The van der Waals surface area contributed by atoms with Gasteiger partial charge >= 0.3 is 0 Å². The molecule has 104 valence electrons. The smallest absolute Gasteiger partial charge is 0.282 e. The summed E-state index contributed by atoms with van der Waals surface area (Å²) in [7, 11) is 0. The Balaban J connectivity index is 1.99. The predicted octanol–water partition coefficient (Wildman–Crippen LogP) is 4.49. The molecule has 3 aromatic rings. The molecule has 0 saturated carbocycles. The lowest BCUT2D eigenvalue weighted by Gasteiger charge is -2.10. The Bertz CT molecular complexity index is 831. The Hall–Kier alpha value is -2.22.